The van der Waals surface area contributed by atoms with Crippen molar-refractivity contribution in [3.63, 3.8) is 0 Å². The first kappa shape index (κ1) is 15.2. The Morgan fingerprint density at radius 3 is 2.00 bits per heavy atom. The molecular formula is C15H20O4. The van der Waals surface area contributed by atoms with E-state index < -0.39 is 23.5 Å². The largest absolute Gasteiger partial charge is 0.481 e. The number of fused-ring (bicyclic) bond motifs is 1. The molecule has 4 nitrogen and oxygen atoms in total. The molecule has 1 N–H and O–H groups in total. The van der Waals surface area contributed by atoms with Crippen molar-refractivity contribution in [1.82, 2.24) is 0 Å². The van der Waals surface area contributed by atoms with Gasteiger partial charge in [0.2, 0.25) is 0 Å². The highest BCUT2D eigenvalue weighted by atomic mass is 16.6. The highest BCUT2D eigenvalue weighted by Gasteiger charge is 2.26. The van der Waals surface area contributed by atoms with Crippen LogP contribution in [0, 0.1) is 5.92 Å². The van der Waals surface area contributed by atoms with Crippen LogP contribution in [0.3, 0.4) is 0 Å². The van der Waals surface area contributed by atoms with Crippen molar-refractivity contribution in [2.45, 2.75) is 39.7 Å². The van der Waals surface area contributed by atoms with Gasteiger partial charge in [-0.05, 0) is 45.2 Å². The molecule has 0 fully saturated rings. The normalized spacial score (nSPS) is 13.5. The van der Waals surface area contributed by atoms with Crippen LogP contribution in [0.5, 0.6) is 0 Å². The van der Waals surface area contributed by atoms with Crippen LogP contribution in [0.15, 0.2) is 24.3 Å². The van der Waals surface area contributed by atoms with E-state index in [1.54, 1.807) is 20.8 Å². The summed E-state index contributed by atoms with van der Waals surface area (Å²) in [6, 6.07) is 8.53. The number of hydrogen-bond acceptors (Lipinski definition) is 3. The van der Waals surface area contributed by atoms with E-state index in [-0.39, 0.29) is 0 Å². The van der Waals surface area contributed by atoms with Crippen LogP contribution in [0.4, 0.5) is 0 Å². The minimum Gasteiger partial charge on any atom is -0.481 e. The monoisotopic (exact) mass is 264 g/mol. The van der Waals surface area contributed by atoms with E-state index in [0.717, 1.165) is 0 Å². The van der Waals surface area contributed by atoms with E-state index in [2.05, 4.69) is 24.3 Å². The second kappa shape index (κ2) is 5.87. The van der Waals surface area contributed by atoms with Crippen molar-refractivity contribution < 1.29 is 19.4 Å². The average molecular weight is 264 g/mol. The number of carbonyl (C=O) groups excluding carboxylic acids is 1. The van der Waals surface area contributed by atoms with Gasteiger partial charge in [0, 0.05) is 0 Å². The van der Waals surface area contributed by atoms with Gasteiger partial charge in [0.05, 0.1) is 0 Å². The van der Waals surface area contributed by atoms with Gasteiger partial charge in [-0.2, -0.15) is 0 Å². The molecule has 0 saturated carbocycles. The van der Waals surface area contributed by atoms with Gasteiger partial charge in [-0.3, -0.25) is 9.59 Å². The summed E-state index contributed by atoms with van der Waals surface area (Å²) in [6.07, 6.45) is 1.24. The molecule has 0 aromatic heterocycles. The summed E-state index contributed by atoms with van der Waals surface area (Å²) < 4.78 is 4.84. The average Bonchev–Trinajstić information content (AvgIpc) is 3.05. The molecule has 0 spiro atoms. The number of rotatable bonds is 2. The molecule has 0 heterocycles. The predicted molar refractivity (Wildman–Crippen MR) is 71.9 cm³/mol. The molecule has 1 atom stereocenters. The fourth-order valence-electron chi connectivity index (χ4n) is 1.33. The maximum atomic E-state index is 11.0. The molecule has 1 aliphatic carbocycles. The first-order chi connectivity index (χ1) is 8.70. The number of esters is 1. The predicted octanol–water partition coefficient (Wildman–Crippen LogP) is 2.64. The molecule has 4 heteroatoms. The second-order valence-electron chi connectivity index (χ2n) is 5.54. The SMILES string of the molecule is CC(C(=O)O)C(=O)OC(C)(C)C.c1ccc2c(c1)C2. The van der Waals surface area contributed by atoms with Crippen LogP contribution < -0.4 is 0 Å². The van der Waals surface area contributed by atoms with Crippen LogP contribution in [0.1, 0.15) is 38.8 Å². The Kier molecular flexibility index (Phi) is 4.70. The van der Waals surface area contributed by atoms with Crippen LogP contribution >= 0.6 is 0 Å². The van der Waals surface area contributed by atoms with Crippen molar-refractivity contribution in [3.8, 4) is 0 Å². The van der Waals surface area contributed by atoms with Crippen molar-refractivity contribution >= 4 is 11.9 Å². The maximum Gasteiger partial charge on any atom is 0.320 e. The van der Waals surface area contributed by atoms with Crippen molar-refractivity contribution in [2.24, 2.45) is 5.92 Å². The molecule has 1 aliphatic rings. The van der Waals surface area contributed by atoms with E-state index in [9.17, 15) is 9.59 Å². The number of benzene rings is 1. The lowest BCUT2D eigenvalue weighted by Crippen LogP contribution is -2.31. The summed E-state index contributed by atoms with van der Waals surface area (Å²) in [6.45, 7) is 6.38. The lowest BCUT2D eigenvalue weighted by molar-refractivity contribution is -0.165. The molecule has 1 unspecified atom stereocenters. The number of carboxylic acids is 1. The third kappa shape index (κ3) is 5.55. The molecule has 2 rings (SSSR count). The van der Waals surface area contributed by atoms with Crippen molar-refractivity contribution in [3.05, 3.63) is 35.4 Å². The molecule has 104 valence electrons. The molecule has 0 aliphatic heterocycles. The molecule has 0 radical (unpaired) electrons. The Bertz CT molecular complexity index is 450. The van der Waals surface area contributed by atoms with Gasteiger partial charge in [-0.25, -0.2) is 0 Å². The van der Waals surface area contributed by atoms with Gasteiger partial charge in [0.1, 0.15) is 5.60 Å². The van der Waals surface area contributed by atoms with E-state index in [4.69, 9.17) is 9.84 Å². The lowest BCUT2D eigenvalue weighted by atomic mass is 10.1. The smallest absolute Gasteiger partial charge is 0.320 e. The molecule has 0 bridgehead atoms. The highest BCUT2D eigenvalue weighted by molar-refractivity contribution is 5.93. The van der Waals surface area contributed by atoms with E-state index >= 15 is 0 Å². The number of hydrogen-bond donors (Lipinski definition) is 1. The first-order valence-corrected chi connectivity index (χ1v) is 6.23. The van der Waals surface area contributed by atoms with Gasteiger partial charge in [-0.15, -0.1) is 0 Å². The Labute approximate surface area is 113 Å². The van der Waals surface area contributed by atoms with Gasteiger partial charge < -0.3 is 9.84 Å². The summed E-state index contributed by atoms with van der Waals surface area (Å²) in [4.78, 5) is 21.3. The standard InChI is InChI=1S/C8H14O4.C7H6/c1-5(6(9)10)7(11)12-8(2,3)4;1-2-4-7-5-6(7)3-1/h5H,1-4H3,(H,9,10);1-4H,5H2. The van der Waals surface area contributed by atoms with Gasteiger partial charge >= 0.3 is 11.9 Å². The lowest BCUT2D eigenvalue weighted by Gasteiger charge is -2.20. The number of aliphatic carboxylic acids is 1. The summed E-state index contributed by atoms with van der Waals surface area (Å²) in [7, 11) is 0. The highest BCUT2D eigenvalue weighted by Crippen LogP contribution is 2.25. The third-order valence-electron chi connectivity index (χ3n) is 2.51. The number of carbonyl (C=O) groups is 2. The quantitative estimate of drug-likeness (QED) is 0.669. The van der Waals surface area contributed by atoms with E-state index in [0.29, 0.717) is 0 Å². The molecule has 1 aromatic rings. The fourth-order valence-corrected chi connectivity index (χ4v) is 1.33. The van der Waals surface area contributed by atoms with Gasteiger partial charge in [0.25, 0.3) is 0 Å². The minimum atomic E-state index is -1.16. The zero-order chi connectivity index (χ0) is 14.6. The van der Waals surface area contributed by atoms with E-state index in [1.807, 2.05) is 0 Å². The van der Waals surface area contributed by atoms with Crippen LogP contribution in [0.25, 0.3) is 0 Å². The Balaban J connectivity index is 0.000000213. The van der Waals surface area contributed by atoms with E-state index in [1.165, 1.54) is 24.5 Å². The Morgan fingerprint density at radius 2 is 1.68 bits per heavy atom. The van der Waals surface area contributed by atoms with Crippen LogP contribution in [-0.4, -0.2) is 22.6 Å². The van der Waals surface area contributed by atoms with Crippen molar-refractivity contribution in [1.29, 1.82) is 0 Å². The van der Waals surface area contributed by atoms with Gasteiger partial charge in [-0.1, -0.05) is 24.3 Å². The van der Waals surface area contributed by atoms with Crippen LogP contribution in [0.2, 0.25) is 0 Å². The molecule has 0 amide bonds. The summed E-state index contributed by atoms with van der Waals surface area (Å²) >= 11 is 0. The zero-order valence-corrected chi connectivity index (χ0v) is 11.8. The zero-order valence-electron chi connectivity index (χ0n) is 11.8. The molecule has 19 heavy (non-hydrogen) atoms. The first-order valence-electron chi connectivity index (χ1n) is 6.23. The summed E-state index contributed by atoms with van der Waals surface area (Å²) in [5.41, 5.74) is 2.44. The van der Waals surface area contributed by atoms with Crippen molar-refractivity contribution in [2.75, 3.05) is 0 Å². The third-order valence-corrected chi connectivity index (χ3v) is 2.51. The topological polar surface area (TPSA) is 63.6 Å². The molecule has 1 aromatic carbocycles. The number of carboxylic acid groups (broad SMARTS) is 1. The van der Waals surface area contributed by atoms with Gasteiger partial charge in [0.15, 0.2) is 5.92 Å². The molecule has 0 saturated heterocycles. The number of ether oxygens (including phenoxy) is 1. The molecular weight excluding hydrogens is 244 g/mol. The minimum absolute atomic E-state index is 0.624. The maximum absolute atomic E-state index is 11.0. The Hall–Kier alpha value is -1.84. The van der Waals surface area contributed by atoms with Crippen LogP contribution in [-0.2, 0) is 20.7 Å². The fraction of sp³-hybridized carbons (Fsp3) is 0.467. The second-order valence-corrected chi connectivity index (χ2v) is 5.54. The summed E-state index contributed by atoms with van der Waals surface area (Å²) in [5.74, 6) is -2.96. The Morgan fingerprint density at radius 1 is 1.21 bits per heavy atom. The summed E-state index contributed by atoms with van der Waals surface area (Å²) in [5, 5.41) is 8.45.